The summed E-state index contributed by atoms with van der Waals surface area (Å²) < 4.78 is 17.0. The molecule has 2 unspecified atom stereocenters. The summed E-state index contributed by atoms with van der Waals surface area (Å²) in [5.74, 6) is 0.0563. The smallest absolute Gasteiger partial charge is 0.310 e. The number of esters is 1. The van der Waals surface area contributed by atoms with E-state index >= 15 is 0 Å². The maximum atomic E-state index is 12.4. The Morgan fingerprint density at radius 2 is 1.73 bits per heavy atom. The van der Waals surface area contributed by atoms with E-state index in [1.165, 1.54) is 5.56 Å². The predicted octanol–water partition coefficient (Wildman–Crippen LogP) is 5.64. The fourth-order valence-electron chi connectivity index (χ4n) is 2.81. The molecule has 2 atom stereocenters. The third-order valence-corrected chi connectivity index (χ3v) is 6.37. The molecule has 0 radical (unpaired) electrons. The van der Waals surface area contributed by atoms with Crippen LogP contribution in [0.25, 0.3) is 0 Å². The summed E-state index contributed by atoms with van der Waals surface area (Å²) in [5.41, 5.74) is 1.01. The van der Waals surface area contributed by atoms with E-state index in [1.54, 1.807) is 11.8 Å². The van der Waals surface area contributed by atoms with E-state index < -0.39 is 0 Å². The molecule has 2 aromatic rings. The lowest BCUT2D eigenvalue weighted by atomic mass is 9.97. The summed E-state index contributed by atoms with van der Waals surface area (Å²) in [4.78, 5) is 13.5. The number of aryl methyl sites for hydroxylation is 1. The first-order valence-corrected chi connectivity index (χ1v) is 10.8. The highest BCUT2D eigenvalue weighted by Crippen LogP contribution is 2.30. The Morgan fingerprint density at radius 1 is 1.08 bits per heavy atom. The fraction of sp³-hybridized carbons (Fsp3) is 0.381. The highest BCUT2D eigenvalue weighted by atomic mass is 32.2. The first kappa shape index (κ1) is 20.7. The summed E-state index contributed by atoms with van der Waals surface area (Å²) >= 11 is 1.63. The van der Waals surface area contributed by atoms with Crippen LogP contribution >= 0.6 is 20.2 Å². The Bertz CT molecular complexity index is 663. The highest BCUT2D eigenvalue weighted by Gasteiger charge is 2.30. The molecule has 0 bridgehead atoms. The van der Waals surface area contributed by atoms with Crippen LogP contribution in [0.5, 0.6) is 0 Å². The van der Waals surface area contributed by atoms with Crippen LogP contribution in [0.4, 0.5) is 0 Å². The van der Waals surface area contributed by atoms with Gasteiger partial charge >= 0.3 is 5.97 Å². The van der Waals surface area contributed by atoms with Gasteiger partial charge in [-0.3, -0.25) is 9.36 Å². The van der Waals surface area contributed by atoms with Crippen LogP contribution in [0.1, 0.15) is 25.3 Å². The van der Waals surface area contributed by atoms with E-state index in [0.717, 1.165) is 17.7 Å². The number of ether oxygens (including phenoxy) is 1. The molecule has 0 aliphatic carbocycles. The van der Waals surface area contributed by atoms with Crippen molar-refractivity contribution in [1.82, 2.24) is 0 Å². The predicted molar refractivity (Wildman–Crippen MR) is 108 cm³/mol. The molecular formula is C21H25O3PS. The van der Waals surface area contributed by atoms with Crippen LogP contribution in [0.15, 0.2) is 65.6 Å². The van der Waals surface area contributed by atoms with Gasteiger partial charge in [0.2, 0.25) is 0 Å². The van der Waals surface area contributed by atoms with Gasteiger partial charge in [0.1, 0.15) is 0 Å². The zero-order chi connectivity index (χ0) is 18.6. The number of benzene rings is 2. The van der Waals surface area contributed by atoms with Crippen molar-refractivity contribution in [3.05, 3.63) is 66.2 Å². The Kier molecular flexibility index (Phi) is 9.44. The van der Waals surface area contributed by atoms with Crippen molar-refractivity contribution in [1.29, 1.82) is 0 Å². The molecule has 0 N–H and O–H groups in total. The first-order chi connectivity index (χ1) is 12.7. The van der Waals surface area contributed by atoms with Crippen molar-refractivity contribution < 1.29 is 14.1 Å². The van der Waals surface area contributed by atoms with Gasteiger partial charge < -0.3 is 4.74 Å². The van der Waals surface area contributed by atoms with Crippen LogP contribution in [-0.2, 0) is 20.5 Å². The molecule has 2 aromatic carbocycles. The normalized spacial score (nSPS) is 13.3. The van der Waals surface area contributed by atoms with Gasteiger partial charge in [0.15, 0.2) is 8.46 Å². The van der Waals surface area contributed by atoms with E-state index in [9.17, 15) is 9.36 Å². The number of thioether (sulfide) groups is 1. The molecule has 0 saturated carbocycles. The van der Waals surface area contributed by atoms with Gasteiger partial charge in [-0.2, -0.15) is 0 Å². The Labute approximate surface area is 161 Å². The molecule has 0 aromatic heterocycles. The maximum Gasteiger partial charge on any atom is 0.310 e. The largest absolute Gasteiger partial charge is 0.466 e. The quantitative estimate of drug-likeness (QED) is 0.284. The van der Waals surface area contributed by atoms with Gasteiger partial charge in [-0.05, 0) is 43.9 Å². The van der Waals surface area contributed by atoms with Crippen LogP contribution in [-0.4, -0.2) is 24.0 Å². The van der Waals surface area contributed by atoms with Gasteiger partial charge in [-0.15, -0.1) is 11.8 Å². The standard InChI is InChI=1S/C21H25O3PS/c1-2-24-21(22)19(15-9-12-17-10-5-3-6-11-17)20(25-23)16-26-18-13-7-4-8-14-18/h3-8,10-11,13-14,19-20H,2,9,12,15-16H2,1H3. The molecule has 0 saturated heterocycles. The van der Waals surface area contributed by atoms with Crippen molar-refractivity contribution >= 4 is 26.2 Å². The molecule has 26 heavy (non-hydrogen) atoms. The average Bonchev–Trinajstić information content (AvgIpc) is 2.68. The third-order valence-electron chi connectivity index (χ3n) is 4.18. The minimum absolute atomic E-state index is 0.00514. The van der Waals surface area contributed by atoms with E-state index in [-0.39, 0.29) is 26.0 Å². The SMILES string of the molecule is CCOC(=O)C(CCCc1ccccc1)C(CSc1ccccc1)P=O. The molecule has 0 aliphatic rings. The molecule has 3 nitrogen and oxygen atoms in total. The van der Waals surface area contributed by atoms with Gasteiger partial charge in [0.25, 0.3) is 0 Å². The molecule has 5 heteroatoms. The van der Waals surface area contributed by atoms with E-state index in [2.05, 4.69) is 12.1 Å². The lowest BCUT2D eigenvalue weighted by molar-refractivity contribution is -0.148. The Morgan fingerprint density at radius 3 is 2.35 bits per heavy atom. The lowest BCUT2D eigenvalue weighted by Crippen LogP contribution is -2.28. The zero-order valence-electron chi connectivity index (χ0n) is 15.0. The molecular weight excluding hydrogens is 363 g/mol. The first-order valence-electron chi connectivity index (χ1n) is 8.95. The summed E-state index contributed by atoms with van der Waals surface area (Å²) in [6.07, 6.45) is 2.46. The summed E-state index contributed by atoms with van der Waals surface area (Å²) in [6.45, 7) is 2.16. The summed E-state index contributed by atoms with van der Waals surface area (Å²) in [7, 11) is 0.00514. The molecule has 0 heterocycles. The monoisotopic (exact) mass is 388 g/mol. The van der Waals surface area contributed by atoms with Crippen LogP contribution in [0.3, 0.4) is 0 Å². The number of carbonyl (C=O) groups excluding carboxylic acids is 1. The van der Waals surface area contributed by atoms with Crippen molar-refractivity contribution in [2.45, 2.75) is 36.7 Å². The second-order valence-electron chi connectivity index (χ2n) is 6.03. The molecule has 0 fully saturated rings. The van der Waals surface area contributed by atoms with Crippen LogP contribution in [0.2, 0.25) is 0 Å². The van der Waals surface area contributed by atoms with Crippen molar-refractivity contribution in [3.63, 3.8) is 0 Å². The molecule has 0 aliphatic heterocycles. The van der Waals surface area contributed by atoms with Crippen molar-refractivity contribution in [2.75, 3.05) is 12.4 Å². The molecule has 138 valence electrons. The number of rotatable bonds is 11. The summed E-state index contributed by atoms with van der Waals surface area (Å²) in [5, 5.41) is 0. The minimum atomic E-state index is -0.339. The second kappa shape index (κ2) is 11.9. The number of carbonyl (C=O) groups is 1. The molecule has 2 rings (SSSR count). The Hall–Kier alpha value is -1.64. The van der Waals surface area contributed by atoms with Crippen molar-refractivity contribution in [3.8, 4) is 0 Å². The topological polar surface area (TPSA) is 43.4 Å². The second-order valence-corrected chi connectivity index (χ2v) is 8.00. The number of hydrogen-bond donors (Lipinski definition) is 0. The van der Waals surface area contributed by atoms with Crippen LogP contribution < -0.4 is 0 Å². The highest BCUT2D eigenvalue weighted by molar-refractivity contribution is 7.99. The van der Waals surface area contributed by atoms with Gasteiger partial charge in [-0.1, -0.05) is 48.5 Å². The lowest BCUT2D eigenvalue weighted by Gasteiger charge is -2.20. The maximum absolute atomic E-state index is 12.4. The van der Waals surface area contributed by atoms with Gasteiger partial charge in [0.05, 0.1) is 18.2 Å². The minimum Gasteiger partial charge on any atom is -0.466 e. The zero-order valence-corrected chi connectivity index (χ0v) is 16.8. The fourth-order valence-corrected chi connectivity index (χ4v) is 4.64. The number of hydrogen-bond acceptors (Lipinski definition) is 4. The summed E-state index contributed by atoms with van der Waals surface area (Å²) in [6, 6.07) is 20.2. The molecule has 0 amide bonds. The van der Waals surface area contributed by atoms with E-state index in [0.29, 0.717) is 18.8 Å². The van der Waals surface area contributed by atoms with Gasteiger partial charge in [-0.25, -0.2) is 0 Å². The average molecular weight is 388 g/mol. The van der Waals surface area contributed by atoms with Crippen molar-refractivity contribution in [2.24, 2.45) is 5.92 Å². The molecule has 0 spiro atoms. The van der Waals surface area contributed by atoms with E-state index in [1.807, 2.05) is 55.5 Å². The third kappa shape index (κ3) is 6.93. The van der Waals surface area contributed by atoms with Gasteiger partial charge in [0, 0.05) is 10.6 Å². The Balaban J connectivity index is 1.96. The van der Waals surface area contributed by atoms with Crippen LogP contribution in [0, 0.1) is 5.92 Å². The van der Waals surface area contributed by atoms with E-state index in [4.69, 9.17) is 4.74 Å².